The molecule has 2 aromatic rings. The summed E-state index contributed by atoms with van der Waals surface area (Å²) in [5, 5.41) is 17.5. The molecule has 0 amide bonds. The molecule has 120 valence electrons. The lowest BCUT2D eigenvalue weighted by molar-refractivity contribution is 0.161. The molecular formula is C16H21F2N3O. The number of nitrogens with one attached hydrogen (secondary N) is 1. The Balaban J connectivity index is 1.94. The third-order valence-corrected chi connectivity index (χ3v) is 3.83. The Bertz CT molecular complexity index is 630. The van der Waals surface area contributed by atoms with Gasteiger partial charge in [0.05, 0.1) is 18.3 Å². The van der Waals surface area contributed by atoms with Gasteiger partial charge in [-0.15, -0.1) is 0 Å². The van der Waals surface area contributed by atoms with Crippen LogP contribution in [0.5, 0.6) is 0 Å². The van der Waals surface area contributed by atoms with Gasteiger partial charge in [-0.25, -0.2) is 8.78 Å². The van der Waals surface area contributed by atoms with Crippen molar-refractivity contribution >= 4 is 0 Å². The molecule has 0 spiro atoms. The van der Waals surface area contributed by atoms with Crippen molar-refractivity contribution in [2.24, 2.45) is 0 Å². The van der Waals surface area contributed by atoms with Gasteiger partial charge in [-0.1, -0.05) is 6.07 Å². The summed E-state index contributed by atoms with van der Waals surface area (Å²) in [4.78, 5) is 0. The minimum absolute atomic E-state index is 0.0254. The highest BCUT2D eigenvalue weighted by Gasteiger charge is 2.18. The first kappa shape index (κ1) is 16.6. The first-order chi connectivity index (χ1) is 10.4. The number of benzene rings is 1. The SMILES string of the molecule is Cc1cnn([C@H](C)[C@H](C)NC[C@H](O)c2ccc(F)cc2F)c1. The first-order valence-corrected chi connectivity index (χ1v) is 7.25. The van der Waals surface area contributed by atoms with Gasteiger partial charge in [-0.3, -0.25) is 4.68 Å². The summed E-state index contributed by atoms with van der Waals surface area (Å²) in [6, 6.07) is 3.29. The van der Waals surface area contributed by atoms with Crippen molar-refractivity contribution in [1.29, 1.82) is 0 Å². The number of aryl methyl sites for hydroxylation is 1. The fourth-order valence-corrected chi connectivity index (χ4v) is 2.23. The number of aliphatic hydroxyl groups is 1. The molecule has 1 aromatic heterocycles. The van der Waals surface area contributed by atoms with Crippen molar-refractivity contribution in [1.82, 2.24) is 15.1 Å². The van der Waals surface area contributed by atoms with Crippen LogP contribution in [0.2, 0.25) is 0 Å². The van der Waals surface area contributed by atoms with E-state index in [0.29, 0.717) is 0 Å². The largest absolute Gasteiger partial charge is 0.387 e. The lowest BCUT2D eigenvalue weighted by Gasteiger charge is -2.23. The third-order valence-electron chi connectivity index (χ3n) is 3.83. The molecule has 0 saturated carbocycles. The molecule has 2 rings (SSSR count). The van der Waals surface area contributed by atoms with Crippen molar-refractivity contribution in [2.45, 2.75) is 39.0 Å². The smallest absolute Gasteiger partial charge is 0.131 e. The zero-order valence-electron chi connectivity index (χ0n) is 12.9. The molecule has 0 fully saturated rings. The van der Waals surface area contributed by atoms with E-state index < -0.39 is 17.7 Å². The van der Waals surface area contributed by atoms with E-state index >= 15 is 0 Å². The Hall–Kier alpha value is -1.79. The maximum atomic E-state index is 13.6. The van der Waals surface area contributed by atoms with Crippen LogP contribution >= 0.6 is 0 Å². The predicted molar refractivity (Wildman–Crippen MR) is 80.5 cm³/mol. The van der Waals surface area contributed by atoms with Crippen molar-refractivity contribution < 1.29 is 13.9 Å². The molecule has 2 N–H and O–H groups in total. The standard InChI is InChI=1S/C16H21F2N3O/c1-10-7-20-21(9-10)12(3)11(2)19-8-16(22)14-5-4-13(17)6-15(14)18/h4-7,9,11-12,16,19,22H,8H2,1-3H3/t11-,12+,16-/m0/s1. The van der Waals surface area contributed by atoms with Crippen LogP contribution < -0.4 is 5.32 Å². The van der Waals surface area contributed by atoms with Gasteiger partial charge >= 0.3 is 0 Å². The second kappa shape index (κ2) is 6.98. The third kappa shape index (κ3) is 3.90. The molecule has 0 unspecified atom stereocenters. The van der Waals surface area contributed by atoms with Crippen LogP contribution in [0.15, 0.2) is 30.6 Å². The Morgan fingerprint density at radius 1 is 1.32 bits per heavy atom. The molecule has 0 aliphatic rings. The van der Waals surface area contributed by atoms with Gasteiger partial charge in [0.2, 0.25) is 0 Å². The van der Waals surface area contributed by atoms with Crippen molar-refractivity contribution in [3.05, 3.63) is 53.4 Å². The van der Waals surface area contributed by atoms with Crippen LogP contribution in [0.25, 0.3) is 0 Å². The van der Waals surface area contributed by atoms with E-state index in [2.05, 4.69) is 10.4 Å². The maximum absolute atomic E-state index is 13.6. The summed E-state index contributed by atoms with van der Waals surface area (Å²) < 4.78 is 28.3. The van der Waals surface area contributed by atoms with Gasteiger partial charge in [0.15, 0.2) is 0 Å². The minimum Gasteiger partial charge on any atom is -0.387 e. The van der Waals surface area contributed by atoms with Crippen molar-refractivity contribution in [3.63, 3.8) is 0 Å². The summed E-state index contributed by atoms with van der Waals surface area (Å²) >= 11 is 0. The van der Waals surface area contributed by atoms with Gasteiger partial charge in [0.25, 0.3) is 0 Å². The molecule has 0 aliphatic carbocycles. The fraction of sp³-hybridized carbons (Fsp3) is 0.438. The van der Waals surface area contributed by atoms with E-state index in [1.807, 2.05) is 31.6 Å². The van der Waals surface area contributed by atoms with Crippen LogP contribution in [0.3, 0.4) is 0 Å². The number of aliphatic hydroxyl groups excluding tert-OH is 1. The molecule has 0 radical (unpaired) electrons. The molecular weight excluding hydrogens is 288 g/mol. The van der Waals surface area contributed by atoms with E-state index in [9.17, 15) is 13.9 Å². The van der Waals surface area contributed by atoms with Gasteiger partial charge in [-0.2, -0.15) is 5.10 Å². The van der Waals surface area contributed by atoms with Crippen LogP contribution in [-0.2, 0) is 0 Å². The number of halogens is 2. The molecule has 1 heterocycles. The zero-order chi connectivity index (χ0) is 16.3. The van der Waals surface area contributed by atoms with E-state index in [4.69, 9.17) is 0 Å². The lowest BCUT2D eigenvalue weighted by atomic mass is 10.1. The number of aromatic nitrogens is 2. The number of hydrogen-bond acceptors (Lipinski definition) is 3. The summed E-state index contributed by atoms with van der Waals surface area (Å²) in [5.41, 5.74) is 1.16. The number of rotatable bonds is 6. The van der Waals surface area contributed by atoms with Crippen LogP contribution in [0, 0.1) is 18.6 Å². The maximum Gasteiger partial charge on any atom is 0.131 e. The van der Waals surface area contributed by atoms with Crippen LogP contribution in [0.4, 0.5) is 8.78 Å². The first-order valence-electron chi connectivity index (χ1n) is 7.25. The van der Waals surface area contributed by atoms with Crippen molar-refractivity contribution in [3.8, 4) is 0 Å². The quantitative estimate of drug-likeness (QED) is 0.862. The summed E-state index contributed by atoms with van der Waals surface area (Å²) in [6.07, 6.45) is 2.69. The van der Waals surface area contributed by atoms with Gasteiger partial charge in [0.1, 0.15) is 11.6 Å². The molecule has 0 aliphatic heterocycles. The highest BCUT2D eigenvalue weighted by Crippen LogP contribution is 2.18. The molecule has 0 saturated heterocycles. The highest BCUT2D eigenvalue weighted by molar-refractivity contribution is 5.21. The monoisotopic (exact) mass is 309 g/mol. The Labute approximate surface area is 128 Å². The van der Waals surface area contributed by atoms with Crippen LogP contribution in [0.1, 0.15) is 37.1 Å². The average molecular weight is 309 g/mol. The second-order valence-electron chi connectivity index (χ2n) is 5.62. The Kier molecular flexibility index (Phi) is 5.26. The molecule has 3 atom stereocenters. The summed E-state index contributed by atoms with van der Waals surface area (Å²) in [7, 11) is 0. The topological polar surface area (TPSA) is 50.1 Å². The molecule has 6 heteroatoms. The van der Waals surface area contributed by atoms with E-state index in [0.717, 1.165) is 17.7 Å². The van der Waals surface area contributed by atoms with Crippen molar-refractivity contribution in [2.75, 3.05) is 6.54 Å². The fourth-order valence-electron chi connectivity index (χ4n) is 2.23. The number of hydrogen-bond donors (Lipinski definition) is 2. The van der Waals surface area contributed by atoms with E-state index in [1.54, 1.807) is 6.20 Å². The summed E-state index contributed by atoms with van der Waals surface area (Å²) in [6.45, 7) is 6.12. The van der Waals surface area contributed by atoms with Gasteiger partial charge in [0, 0.05) is 30.4 Å². The van der Waals surface area contributed by atoms with Gasteiger partial charge < -0.3 is 10.4 Å². The molecule has 1 aromatic carbocycles. The van der Waals surface area contributed by atoms with E-state index in [-0.39, 0.29) is 24.2 Å². The average Bonchev–Trinajstić information content (AvgIpc) is 2.90. The highest BCUT2D eigenvalue weighted by atomic mass is 19.1. The Morgan fingerprint density at radius 2 is 2.05 bits per heavy atom. The van der Waals surface area contributed by atoms with Gasteiger partial charge in [-0.05, 0) is 32.4 Å². The normalized spacial score (nSPS) is 15.5. The zero-order valence-corrected chi connectivity index (χ0v) is 12.9. The molecule has 0 bridgehead atoms. The van der Waals surface area contributed by atoms with E-state index in [1.165, 1.54) is 6.07 Å². The van der Waals surface area contributed by atoms with Crippen LogP contribution in [-0.4, -0.2) is 27.5 Å². The predicted octanol–water partition coefficient (Wildman–Crippen LogP) is 2.74. The Morgan fingerprint density at radius 3 is 2.64 bits per heavy atom. The summed E-state index contributed by atoms with van der Waals surface area (Å²) in [5.74, 6) is -1.39. The number of nitrogens with zero attached hydrogens (tertiary/aromatic N) is 2. The molecule has 22 heavy (non-hydrogen) atoms. The molecule has 4 nitrogen and oxygen atoms in total. The lowest BCUT2D eigenvalue weighted by Crippen LogP contribution is -2.36. The minimum atomic E-state index is -1.03. The second-order valence-corrected chi connectivity index (χ2v) is 5.62.